The van der Waals surface area contributed by atoms with Crippen LogP contribution in [0.3, 0.4) is 0 Å². The summed E-state index contributed by atoms with van der Waals surface area (Å²) in [5.74, 6) is -0.481. The standard InChI is InChI=1S/C11H10N4OS/c12-8-2-1-7(11(13)16)5-9(8)17-10-6-14-3-4-15-10/h1-6H,12H2,(H2,13,16). The van der Waals surface area contributed by atoms with Crippen LogP contribution in [0, 0.1) is 0 Å². The van der Waals surface area contributed by atoms with Gasteiger partial charge in [-0.2, -0.15) is 0 Å². The third-order valence-corrected chi connectivity index (χ3v) is 3.05. The van der Waals surface area contributed by atoms with Crippen molar-refractivity contribution in [2.24, 2.45) is 5.73 Å². The Bertz CT molecular complexity index is 544. The summed E-state index contributed by atoms with van der Waals surface area (Å²) in [6.45, 7) is 0. The maximum absolute atomic E-state index is 11.1. The van der Waals surface area contributed by atoms with E-state index in [0.29, 0.717) is 16.3 Å². The van der Waals surface area contributed by atoms with Gasteiger partial charge in [-0.3, -0.25) is 9.78 Å². The number of hydrogen-bond donors (Lipinski definition) is 2. The van der Waals surface area contributed by atoms with Gasteiger partial charge in [-0.15, -0.1) is 0 Å². The number of aromatic nitrogens is 2. The molecule has 0 saturated heterocycles. The Morgan fingerprint density at radius 2 is 2.12 bits per heavy atom. The largest absolute Gasteiger partial charge is 0.398 e. The van der Waals surface area contributed by atoms with Crippen molar-refractivity contribution in [2.75, 3.05) is 5.73 Å². The van der Waals surface area contributed by atoms with Crippen molar-refractivity contribution < 1.29 is 4.79 Å². The second-order valence-electron chi connectivity index (χ2n) is 3.26. The maximum atomic E-state index is 11.1. The third kappa shape index (κ3) is 2.73. The lowest BCUT2D eigenvalue weighted by Gasteiger charge is -2.05. The van der Waals surface area contributed by atoms with Crippen molar-refractivity contribution in [3.8, 4) is 0 Å². The highest BCUT2D eigenvalue weighted by Crippen LogP contribution is 2.30. The van der Waals surface area contributed by atoms with Crippen molar-refractivity contribution in [2.45, 2.75) is 9.92 Å². The molecular weight excluding hydrogens is 236 g/mol. The van der Waals surface area contributed by atoms with Crippen LogP contribution in [0.5, 0.6) is 0 Å². The molecule has 0 unspecified atom stereocenters. The smallest absolute Gasteiger partial charge is 0.248 e. The topological polar surface area (TPSA) is 94.9 Å². The van der Waals surface area contributed by atoms with Gasteiger partial charge >= 0.3 is 0 Å². The third-order valence-electron chi connectivity index (χ3n) is 2.05. The molecule has 6 heteroatoms. The fourth-order valence-electron chi connectivity index (χ4n) is 1.23. The zero-order chi connectivity index (χ0) is 12.3. The molecule has 0 spiro atoms. The molecule has 2 rings (SSSR count). The Morgan fingerprint density at radius 3 is 2.76 bits per heavy atom. The summed E-state index contributed by atoms with van der Waals surface area (Å²) in [7, 11) is 0. The van der Waals surface area contributed by atoms with E-state index in [1.165, 1.54) is 11.8 Å². The van der Waals surface area contributed by atoms with Crippen LogP contribution in [0.4, 0.5) is 5.69 Å². The number of carbonyl (C=O) groups is 1. The van der Waals surface area contributed by atoms with Crippen LogP contribution in [-0.2, 0) is 0 Å². The molecule has 1 heterocycles. The zero-order valence-electron chi connectivity index (χ0n) is 8.83. The number of benzene rings is 1. The number of rotatable bonds is 3. The number of carbonyl (C=O) groups excluding carboxylic acids is 1. The number of nitrogens with zero attached hydrogens (tertiary/aromatic N) is 2. The quantitative estimate of drug-likeness (QED) is 0.796. The van der Waals surface area contributed by atoms with Crippen molar-refractivity contribution in [3.05, 3.63) is 42.4 Å². The number of nitrogens with two attached hydrogens (primary N) is 2. The predicted molar refractivity (Wildman–Crippen MR) is 65.5 cm³/mol. The lowest BCUT2D eigenvalue weighted by atomic mass is 10.2. The van der Waals surface area contributed by atoms with Gasteiger partial charge in [0, 0.05) is 28.5 Å². The number of primary amides is 1. The van der Waals surface area contributed by atoms with E-state index in [9.17, 15) is 4.79 Å². The molecule has 0 fully saturated rings. The van der Waals surface area contributed by atoms with Crippen LogP contribution in [-0.4, -0.2) is 15.9 Å². The van der Waals surface area contributed by atoms with E-state index in [2.05, 4.69) is 9.97 Å². The van der Waals surface area contributed by atoms with Crippen LogP contribution in [0.25, 0.3) is 0 Å². The molecule has 0 radical (unpaired) electrons. The predicted octanol–water partition coefficient (Wildman–Crippen LogP) is 1.31. The summed E-state index contributed by atoms with van der Waals surface area (Å²) >= 11 is 1.34. The Morgan fingerprint density at radius 1 is 1.29 bits per heavy atom. The molecule has 0 aliphatic carbocycles. The second-order valence-corrected chi connectivity index (χ2v) is 4.32. The number of amides is 1. The van der Waals surface area contributed by atoms with E-state index in [4.69, 9.17) is 11.5 Å². The van der Waals surface area contributed by atoms with Gasteiger partial charge < -0.3 is 11.5 Å². The molecule has 0 bridgehead atoms. The van der Waals surface area contributed by atoms with Gasteiger partial charge in [0.25, 0.3) is 0 Å². The highest BCUT2D eigenvalue weighted by molar-refractivity contribution is 7.99. The van der Waals surface area contributed by atoms with E-state index in [1.807, 2.05) is 0 Å². The monoisotopic (exact) mass is 246 g/mol. The molecule has 1 amide bonds. The maximum Gasteiger partial charge on any atom is 0.248 e. The minimum Gasteiger partial charge on any atom is -0.398 e. The Labute approximate surface area is 102 Å². The second kappa shape index (κ2) is 4.84. The van der Waals surface area contributed by atoms with Gasteiger partial charge in [0.2, 0.25) is 5.91 Å². The van der Waals surface area contributed by atoms with E-state index in [1.54, 1.807) is 36.8 Å². The van der Waals surface area contributed by atoms with Crippen molar-refractivity contribution in [3.63, 3.8) is 0 Å². The minimum absolute atomic E-state index is 0.422. The molecule has 1 aromatic carbocycles. The van der Waals surface area contributed by atoms with Crippen molar-refractivity contribution in [1.82, 2.24) is 9.97 Å². The lowest BCUT2D eigenvalue weighted by molar-refractivity contribution is 0.1000. The molecule has 4 N–H and O–H groups in total. The average molecular weight is 246 g/mol. The molecule has 17 heavy (non-hydrogen) atoms. The molecule has 0 aliphatic heterocycles. The highest BCUT2D eigenvalue weighted by Gasteiger charge is 2.07. The number of hydrogen-bond acceptors (Lipinski definition) is 5. The first-order chi connectivity index (χ1) is 8.16. The van der Waals surface area contributed by atoms with Gasteiger partial charge in [0.1, 0.15) is 5.03 Å². The Hall–Kier alpha value is -2.08. The fraction of sp³-hybridized carbons (Fsp3) is 0. The minimum atomic E-state index is -0.481. The lowest BCUT2D eigenvalue weighted by Crippen LogP contribution is -2.11. The number of anilines is 1. The van der Waals surface area contributed by atoms with E-state index in [-0.39, 0.29) is 0 Å². The summed E-state index contributed by atoms with van der Waals surface area (Å²) in [6.07, 6.45) is 4.81. The van der Waals surface area contributed by atoms with Gasteiger partial charge in [-0.1, -0.05) is 11.8 Å². The van der Waals surface area contributed by atoms with Crippen LogP contribution < -0.4 is 11.5 Å². The number of nitrogen functional groups attached to an aromatic ring is 1. The summed E-state index contributed by atoms with van der Waals surface area (Å²) in [6, 6.07) is 4.90. The Kier molecular flexibility index (Phi) is 3.24. The van der Waals surface area contributed by atoms with Crippen LogP contribution in [0.2, 0.25) is 0 Å². The van der Waals surface area contributed by atoms with E-state index >= 15 is 0 Å². The highest BCUT2D eigenvalue weighted by atomic mass is 32.2. The van der Waals surface area contributed by atoms with Crippen LogP contribution in [0.1, 0.15) is 10.4 Å². The van der Waals surface area contributed by atoms with Gasteiger partial charge in [-0.05, 0) is 18.2 Å². The fourth-order valence-corrected chi connectivity index (χ4v) is 2.05. The Balaban J connectivity index is 2.32. The van der Waals surface area contributed by atoms with Crippen LogP contribution in [0.15, 0.2) is 46.7 Å². The van der Waals surface area contributed by atoms with Crippen LogP contribution >= 0.6 is 11.8 Å². The molecule has 0 saturated carbocycles. The van der Waals surface area contributed by atoms with E-state index in [0.717, 1.165) is 4.90 Å². The summed E-state index contributed by atoms with van der Waals surface area (Å²) < 4.78 is 0. The van der Waals surface area contributed by atoms with Crippen molar-refractivity contribution >= 4 is 23.4 Å². The first kappa shape index (κ1) is 11.4. The van der Waals surface area contributed by atoms with Gasteiger partial charge in [-0.25, -0.2) is 4.98 Å². The summed E-state index contributed by atoms with van der Waals surface area (Å²) in [4.78, 5) is 19.9. The molecule has 86 valence electrons. The molecule has 2 aromatic rings. The molecular formula is C11H10N4OS. The summed E-state index contributed by atoms with van der Waals surface area (Å²) in [5.41, 5.74) is 12.0. The molecule has 5 nitrogen and oxygen atoms in total. The van der Waals surface area contributed by atoms with Crippen molar-refractivity contribution in [1.29, 1.82) is 0 Å². The molecule has 1 aromatic heterocycles. The molecule has 0 atom stereocenters. The SMILES string of the molecule is NC(=O)c1ccc(N)c(Sc2cnccn2)c1. The van der Waals surface area contributed by atoms with Gasteiger partial charge in [0.05, 0.1) is 6.20 Å². The van der Waals surface area contributed by atoms with E-state index < -0.39 is 5.91 Å². The zero-order valence-corrected chi connectivity index (χ0v) is 9.65. The normalized spacial score (nSPS) is 10.1. The summed E-state index contributed by atoms with van der Waals surface area (Å²) in [5, 5.41) is 0.709. The first-order valence-electron chi connectivity index (χ1n) is 4.80. The van der Waals surface area contributed by atoms with Gasteiger partial charge in [0.15, 0.2) is 0 Å². The first-order valence-corrected chi connectivity index (χ1v) is 5.61. The average Bonchev–Trinajstić information content (AvgIpc) is 2.33. The molecule has 0 aliphatic rings.